The number of aromatic nitrogens is 4. The summed E-state index contributed by atoms with van der Waals surface area (Å²) in [4.78, 5) is 13.0. The second kappa shape index (κ2) is 4.80. The van der Waals surface area contributed by atoms with Gasteiger partial charge >= 0.3 is 0 Å². The van der Waals surface area contributed by atoms with Crippen LogP contribution in [0.5, 0.6) is 0 Å². The van der Waals surface area contributed by atoms with Crippen LogP contribution in [0.3, 0.4) is 0 Å². The SMILES string of the molecule is CCc1ccccc1-n1c(=O)c2ccccc2n2cnnc12. The largest absolute Gasteiger partial charge is 0.268 e. The van der Waals surface area contributed by atoms with Crippen LogP contribution in [0.4, 0.5) is 0 Å². The summed E-state index contributed by atoms with van der Waals surface area (Å²) < 4.78 is 3.50. The van der Waals surface area contributed by atoms with Crippen LogP contribution in [-0.4, -0.2) is 19.2 Å². The van der Waals surface area contributed by atoms with Crippen LogP contribution in [0.25, 0.3) is 22.4 Å². The molecule has 0 aliphatic carbocycles. The average molecular weight is 290 g/mol. The van der Waals surface area contributed by atoms with E-state index in [2.05, 4.69) is 17.1 Å². The summed E-state index contributed by atoms with van der Waals surface area (Å²) in [7, 11) is 0. The van der Waals surface area contributed by atoms with Crippen molar-refractivity contribution >= 4 is 16.7 Å². The summed E-state index contributed by atoms with van der Waals surface area (Å²) in [5, 5.41) is 8.80. The molecule has 2 aromatic carbocycles. The Morgan fingerprint density at radius 2 is 1.82 bits per heavy atom. The maximum atomic E-state index is 13.0. The van der Waals surface area contributed by atoms with Crippen LogP contribution in [-0.2, 0) is 6.42 Å². The molecule has 0 saturated carbocycles. The Morgan fingerprint density at radius 3 is 2.68 bits per heavy atom. The highest BCUT2D eigenvalue weighted by molar-refractivity contribution is 5.80. The molecule has 4 rings (SSSR count). The van der Waals surface area contributed by atoms with Crippen molar-refractivity contribution in [2.75, 3.05) is 0 Å². The van der Waals surface area contributed by atoms with Crippen LogP contribution in [0.1, 0.15) is 12.5 Å². The lowest BCUT2D eigenvalue weighted by Crippen LogP contribution is -2.22. The lowest BCUT2D eigenvalue weighted by Gasteiger charge is -2.13. The second-order valence-corrected chi connectivity index (χ2v) is 5.14. The molecule has 5 heteroatoms. The highest BCUT2D eigenvalue weighted by Gasteiger charge is 2.15. The maximum absolute atomic E-state index is 13.0. The molecule has 0 radical (unpaired) electrons. The number of benzene rings is 2. The van der Waals surface area contributed by atoms with Crippen LogP contribution >= 0.6 is 0 Å². The van der Waals surface area contributed by atoms with Gasteiger partial charge in [0.25, 0.3) is 5.56 Å². The molecule has 0 aliphatic rings. The first-order valence-electron chi connectivity index (χ1n) is 7.23. The number of para-hydroxylation sites is 2. The van der Waals surface area contributed by atoms with Gasteiger partial charge in [-0.1, -0.05) is 37.3 Å². The third-order valence-electron chi connectivity index (χ3n) is 3.94. The molecule has 0 saturated heterocycles. The van der Waals surface area contributed by atoms with Gasteiger partial charge in [-0.3, -0.25) is 9.20 Å². The van der Waals surface area contributed by atoms with E-state index >= 15 is 0 Å². The van der Waals surface area contributed by atoms with Crippen molar-refractivity contribution in [1.82, 2.24) is 19.2 Å². The van der Waals surface area contributed by atoms with Gasteiger partial charge in [0.15, 0.2) is 0 Å². The standard InChI is InChI=1S/C17H14N4O/c1-2-12-7-3-5-9-14(12)21-16(22)13-8-4-6-10-15(13)20-11-18-19-17(20)21/h3-11H,2H2,1H3. The molecule has 0 amide bonds. The van der Waals surface area contributed by atoms with E-state index in [9.17, 15) is 4.79 Å². The number of hydrogen-bond donors (Lipinski definition) is 0. The predicted molar refractivity (Wildman–Crippen MR) is 85.5 cm³/mol. The smallest absolute Gasteiger partial charge is 0.267 e. The molecule has 0 fully saturated rings. The van der Waals surface area contributed by atoms with Gasteiger partial charge in [-0.05, 0) is 30.2 Å². The molecule has 0 spiro atoms. The Labute approximate surface area is 126 Å². The van der Waals surface area contributed by atoms with Crippen LogP contribution < -0.4 is 5.56 Å². The van der Waals surface area contributed by atoms with Crippen molar-refractivity contribution in [2.24, 2.45) is 0 Å². The van der Waals surface area contributed by atoms with Crippen molar-refractivity contribution in [2.45, 2.75) is 13.3 Å². The third-order valence-corrected chi connectivity index (χ3v) is 3.94. The van der Waals surface area contributed by atoms with E-state index < -0.39 is 0 Å². The molecule has 22 heavy (non-hydrogen) atoms. The minimum absolute atomic E-state index is 0.0722. The molecule has 0 unspecified atom stereocenters. The van der Waals surface area contributed by atoms with E-state index in [1.807, 2.05) is 52.9 Å². The third kappa shape index (κ3) is 1.69. The van der Waals surface area contributed by atoms with Crippen molar-refractivity contribution in [3.8, 4) is 5.69 Å². The fourth-order valence-corrected chi connectivity index (χ4v) is 2.87. The number of fused-ring (bicyclic) bond motifs is 3. The summed E-state index contributed by atoms with van der Waals surface area (Å²) in [6.07, 6.45) is 2.48. The normalized spacial score (nSPS) is 11.3. The highest BCUT2D eigenvalue weighted by atomic mass is 16.1. The van der Waals surface area contributed by atoms with Gasteiger partial charge < -0.3 is 0 Å². The Kier molecular flexibility index (Phi) is 2.79. The minimum atomic E-state index is -0.0722. The number of nitrogens with zero attached hydrogens (tertiary/aromatic N) is 4. The Bertz CT molecular complexity index is 1050. The first-order chi connectivity index (χ1) is 10.8. The molecular formula is C17H14N4O. The zero-order chi connectivity index (χ0) is 15.1. The van der Waals surface area contributed by atoms with Gasteiger partial charge in [0.1, 0.15) is 6.33 Å². The summed E-state index contributed by atoms with van der Waals surface area (Å²) in [5.41, 5.74) is 2.71. The Balaban J connectivity index is 2.24. The summed E-state index contributed by atoms with van der Waals surface area (Å²) in [5.74, 6) is 0.532. The number of rotatable bonds is 2. The van der Waals surface area contributed by atoms with Crippen molar-refractivity contribution < 1.29 is 0 Å². The molecule has 0 N–H and O–H groups in total. The molecule has 5 nitrogen and oxygen atoms in total. The first kappa shape index (κ1) is 12.8. The first-order valence-corrected chi connectivity index (χ1v) is 7.23. The number of aryl methyl sites for hydroxylation is 1. The molecular weight excluding hydrogens is 276 g/mol. The Morgan fingerprint density at radius 1 is 1.05 bits per heavy atom. The fraction of sp³-hybridized carbons (Fsp3) is 0.118. The maximum Gasteiger partial charge on any atom is 0.267 e. The van der Waals surface area contributed by atoms with E-state index in [1.165, 1.54) is 0 Å². The molecule has 108 valence electrons. The van der Waals surface area contributed by atoms with E-state index in [4.69, 9.17) is 0 Å². The van der Waals surface area contributed by atoms with Gasteiger partial charge in [-0.2, -0.15) is 0 Å². The predicted octanol–water partition coefficient (Wildman–Crippen LogP) is 2.60. The quantitative estimate of drug-likeness (QED) is 0.570. The fourth-order valence-electron chi connectivity index (χ4n) is 2.87. The monoisotopic (exact) mass is 290 g/mol. The topological polar surface area (TPSA) is 52.2 Å². The molecule has 2 aromatic heterocycles. The van der Waals surface area contributed by atoms with Gasteiger partial charge in [-0.15, -0.1) is 10.2 Å². The second-order valence-electron chi connectivity index (χ2n) is 5.14. The van der Waals surface area contributed by atoms with Gasteiger partial charge in [-0.25, -0.2) is 4.57 Å². The van der Waals surface area contributed by atoms with Crippen molar-refractivity contribution in [1.29, 1.82) is 0 Å². The van der Waals surface area contributed by atoms with E-state index in [0.717, 1.165) is 23.2 Å². The van der Waals surface area contributed by atoms with Crippen LogP contribution in [0, 0.1) is 0 Å². The molecule has 2 heterocycles. The van der Waals surface area contributed by atoms with Gasteiger partial charge in [0, 0.05) is 0 Å². The van der Waals surface area contributed by atoms with Crippen LogP contribution in [0.2, 0.25) is 0 Å². The molecule has 4 aromatic rings. The summed E-state index contributed by atoms with van der Waals surface area (Å²) >= 11 is 0. The summed E-state index contributed by atoms with van der Waals surface area (Å²) in [6, 6.07) is 15.4. The molecule has 0 bridgehead atoms. The average Bonchev–Trinajstić information content (AvgIpc) is 3.05. The van der Waals surface area contributed by atoms with E-state index in [1.54, 1.807) is 10.9 Å². The lowest BCUT2D eigenvalue weighted by atomic mass is 10.1. The van der Waals surface area contributed by atoms with Gasteiger partial charge in [0.2, 0.25) is 5.78 Å². The van der Waals surface area contributed by atoms with E-state index in [-0.39, 0.29) is 5.56 Å². The summed E-state index contributed by atoms with van der Waals surface area (Å²) in [6.45, 7) is 2.08. The zero-order valence-corrected chi connectivity index (χ0v) is 12.1. The van der Waals surface area contributed by atoms with E-state index in [0.29, 0.717) is 11.2 Å². The highest BCUT2D eigenvalue weighted by Crippen LogP contribution is 2.18. The van der Waals surface area contributed by atoms with Gasteiger partial charge in [0.05, 0.1) is 16.6 Å². The lowest BCUT2D eigenvalue weighted by molar-refractivity contribution is 0.942. The molecule has 0 atom stereocenters. The number of hydrogen-bond acceptors (Lipinski definition) is 3. The Hall–Kier alpha value is -2.95. The minimum Gasteiger partial charge on any atom is -0.268 e. The van der Waals surface area contributed by atoms with Crippen LogP contribution in [0.15, 0.2) is 59.7 Å². The molecule has 0 aliphatic heterocycles. The van der Waals surface area contributed by atoms with Crippen molar-refractivity contribution in [3.05, 3.63) is 70.8 Å². The van der Waals surface area contributed by atoms with Crippen molar-refractivity contribution in [3.63, 3.8) is 0 Å². The zero-order valence-electron chi connectivity index (χ0n) is 12.1.